The third-order valence-electron chi connectivity index (χ3n) is 1.59. The minimum Gasteiger partial charge on any atom is -0.481 e. The zero-order valence-electron chi connectivity index (χ0n) is 7.57. The largest absolute Gasteiger partial charge is 0.481 e. The molecular formula is C9H15NO3. The number of hydrogen-bond acceptors (Lipinski definition) is 3. The molecule has 0 saturated heterocycles. The third kappa shape index (κ3) is 7.32. The van der Waals surface area contributed by atoms with Crippen LogP contribution in [0.25, 0.3) is 0 Å². The molecule has 0 aromatic carbocycles. The summed E-state index contributed by atoms with van der Waals surface area (Å²) in [5.74, 6) is 1.62. The monoisotopic (exact) mass is 185 g/mol. The summed E-state index contributed by atoms with van der Waals surface area (Å²) in [6.45, 7) is 1.63. The molecule has 0 aromatic heterocycles. The Kier molecular flexibility index (Phi) is 6.98. The van der Waals surface area contributed by atoms with Crippen molar-refractivity contribution in [2.75, 3.05) is 26.2 Å². The quantitative estimate of drug-likeness (QED) is 0.538. The fourth-order valence-corrected chi connectivity index (χ4v) is 0.947. The van der Waals surface area contributed by atoms with Gasteiger partial charge in [0.2, 0.25) is 0 Å². The van der Waals surface area contributed by atoms with Gasteiger partial charge in [-0.15, -0.1) is 6.42 Å². The molecule has 0 amide bonds. The maximum atomic E-state index is 10.3. The van der Waals surface area contributed by atoms with Gasteiger partial charge in [0.05, 0.1) is 13.0 Å². The summed E-state index contributed by atoms with van der Waals surface area (Å²) in [5, 5.41) is 17.0. The van der Waals surface area contributed by atoms with Gasteiger partial charge in [0.1, 0.15) is 0 Å². The number of carboxylic acid groups (broad SMARTS) is 1. The number of carboxylic acids is 1. The van der Waals surface area contributed by atoms with Crippen LogP contribution in [0.3, 0.4) is 0 Å². The van der Waals surface area contributed by atoms with Crippen molar-refractivity contribution in [3.63, 3.8) is 0 Å². The number of hydrogen-bond donors (Lipinski definition) is 2. The van der Waals surface area contributed by atoms with Crippen molar-refractivity contribution in [3.05, 3.63) is 0 Å². The van der Waals surface area contributed by atoms with Crippen molar-refractivity contribution in [3.8, 4) is 12.3 Å². The number of aliphatic carboxylic acids is 1. The fraction of sp³-hybridized carbons (Fsp3) is 0.667. The molecule has 0 atom stereocenters. The molecule has 0 spiro atoms. The highest BCUT2D eigenvalue weighted by Crippen LogP contribution is 1.93. The Hall–Kier alpha value is -1.05. The zero-order valence-corrected chi connectivity index (χ0v) is 7.57. The van der Waals surface area contributed by atoms with Gasteiger partial charge < -0.3 is 10.2 Å². The summed E-state index contributed by atoms with van der Waals surface area (Å²) in [4.78, 5) is 12.1. The molecule has 0 radical (unpaired) electrons. The molecule has 0 rings (SSSR count). The van der Waals surface area contributed by atoms with Crippen LogP contribution in [0.5, 0.6) is 0 Å². The first-order chi connectivity index (χ1) is 6.20. The second-order valence-corrected chi connectivity index (χ2v) is 2.70. The van der Waals surface area contributed by atoms with E-state index in [1.54, 1.807) is 0 Å². The smallest absolute Gasteiger partial charge is 0.304 e. The van der Waals surface area contributed by atoms with E-state index in [1.807, 2.05) is 4.90 Å². The summed E-state index contributed by atoms with van der Waals surface area (Å²) in [7, 11) is 0. The van der Waals surface area contributed by atoms with Crippen molar-refractivity contribution in [2.24, 2.45) is 0 Å². The van der Waals surface area contributed by atoms with Crippen molar-refractivity contribution >= 4 is 5.97 Å². The lowest BCUT2D eigenvalue weighted by Crippen LogP contribution is -2.28. The molecule has 2 N–H and O–H groups in total. The standard InChI is InChI=1S/C9H15NO3/c1-2-5-10(6-3-8-11)7-4-9(12)13/h1,11H,3-8H2,(H,12,13). The van der Waals surface area contributed by atoms with E-state index in [0.29, 0.717) is 26.1 Å². The topological polar surface area (TPSA) is 60.8 Å². The first-order valence-corrected chi connectivity index (χ1v) is 4.19. The van der Waals surface area contributed by atoms with Crippen LogP contribution >= 0.6 is 0 Å². The van der Waals surface area contributed by atoms with Gasteiger partial charge in [-0.25, -0.2) is 0 Å². The summed E-state index contributed by atoms with van der Waals surface area (Å²) in [6, 6.07) is 0. The van der Waals surface area contributed by atoms with Crippen LogP contribution in [0.15, 0.2) is 0 Å². The number of aliphatic hydroxyl groups excluding tert-OH is 1. The third-order valence-corrected chi connectivity index (χ3v) is 1.59. The van der Waals surface area contributed by atoms with E-state index in [1.165, 1.54) is 0 Å². The van der Waals surface area contributed by atoms with Crippen molar-refractivity contribution < 1.29 is 15.0 Å². The Morgan fingerprint density at radius 3 is 2.62 bits per heavy atom. The lowest BCUT2D eigenvalue weighted by Gasteiger charge is -2.17. The molecule has 4 heteroatoms. The lowest BCUT2D eigenvalue weighted by atomic mass is 10.3. The molecule has 0 aliphatic heterocycles. The average Bonchev–Trinajstić information content (AvgIpc) is 2.09. The van der Waals surface area contributed by atoms with Crippen LogP contribution in [0.4, 0.5) is 0 Å². The predicted octanol–water partition coefficient (Wildman–Crippen LogP) is -0.221. The first-order valence-electron chi connectivity index (χ1n) is 4.19. The van der Waals surface area contributed by atoms with Gasteiger partial charge in [-0.3, -0.25) is 9.69 Å². The normalized spacial score (nSPS) is 9.92. The van der Waals surface area contributed by atoms with Gasteiger partial charge in [0, 0.05) is 19.7 Å². The van der Waals surface area contributed by atoms with Crippen LogP contribution in [-0.2, 0) is 4.79 Å². The Morgan fingerprint density at radius 2 is 2.15 bits per heavy atom. The van der Waals surface area contributed by atoms with Gasteiger partial charge in [0.25, 0.3) is 0 Å². The summed E-state index contributed by atoms with van der Waals surface area (Å²) < 4.78 is 0. The Labute approximate surface area is 78.2 Å². The second-order valence-electron chi connectivity index (χ2n) is 2.70. The molecule has 0 heterocycles. The minimum atomic E-state index is -0.828. The number of terminal acetylenes is 1. The van der Waals surface area contributed by atoms with Gasteiger partial charge in [0.15, 0.2) is 0 Å². The average molecular weight is 185 g/mol. The minimum absolute atomic E-state index is 0.0904. The second kappa shape index (κ2) is 7.59. The summed E-state index contributed by atoms with van der Waals surface area (Å²) in [6.07, 6.45) is 5.82. The van der Waals surface area contributed by atoms with Crippen LogP contribution in [0.2, 0.25) is 0 Å². The van der Waals surface area contributed by atoms with E-state index in [9.17, 15) is 4.79 Å². The van der Waals surface area contributed by atoms with Crippen LogP contribution in [0, 0.1) is 12.3 Å². The number of rotatable bonds is 7. The van der Waals surface area contributed by atoms with Crippen LogP contribution in [-0.4, -0.2) is 47.3 Å². The highest BCUT2D eigenvalue weighted by molar-refractivity contribution is 5.66. The van der Waals surface area contributed by atoms with Crippen molar-refractivity contribution in [1.82, 2.24) is 4.90 Å². The predicted molar refractivity (Wildman–Crippen MR) is 49.2 cm³/mol. The van der Waals surface area contributed by atoms with Crippen LogP contribution in [0.1, 0.15) is 12.8 Å². The Bertz CT molecular complexity index is 186. The van der Waals surface area contributed by atoms with Crippen molar-refractivity contribution in [2.45, 2.75) is 12.8 Å². The van der Waals surface area contributed by atoms with E-state index in [0.717, 1.165) is 0 Å². The number of nitrogens with zero attached hydrogens (tertiary/aromatic N) is 1. The molecule has 0 aliphatic rings. The molecule has 0 unspecified atom stereocenters. The lowest BCUT2D eigenvalue weighted by molar-refractivity contribution is -0.137. The Balaban J connectivity index is 3.67. The van der Waals surface area contributed by atoms with E-state index < -0.39 is 5.97 Å². The molecular weight excluding hydrogens is 170 g/mol. The molecule has 0 aromatic rings. The van der Waals surface area contributed by atoms with Gasteiger partial charge in [-0.05, 0) is 6.42 Å². The highest BCUT2D eigenvalue weighted by Gasteiger charge is 2.05. The van der Waals surface area contributed by atoms with E-state index >= 15 is 0 Å². The zero-order chi connectivity index (χ0) is 10.1. The van der Waals surface area contributed by atoms with Crippen LogP contribution < -0.4 is 0 Å². The Morgan fingerprint density at radius 1 is 1.46 bits per heavy atom. The van der Waals surface area contributed by atoms with E-state index in [-0.39, 0.29) is 13.0 Å². The molecule has 0 saturated carbocycles. The van der Waals surface area contributed by atoms with E-state index in [4.69, 9.17) is 16.6 Å². The maximum Gasteiger partial charge on any atom is 0.304 e. The molecule has 4 nitrogen and oxygen atoms in total. The fourth-order valence-electron chi connectivity index (χ4n) is 0.947. The van der Waals surface area contributed by atoms with Gasteiger partial charge in [-0.2, -0.15) is 0 Å². The van der Waals surface area contributed by atoms with E-state index in [2.05, 4.69) is 5.92 Å². The summed E-state index contributed by atoms with van der Waals surface area (Å²) >= 11 is 0. The number of aliphatic hydroxyl groups is 1. The summed E-state index contributed by atoms with van der Waals surface area (Å²) in [5.41, 5.74) is 0. The molecule has 0 aliphatic carbocycles. The van der Waals surface area contributed by atoms with Gasteiger partial charge >= 0.3 is 5.97 Å². The molecule has 0 fully saturated rings. The molecule has 0 bridgehead atoms. The number of carbonyl (C=O) groups is 1. The maximum absolute atomic E-state index is 10.3. The van der Waals surface area contributed by atoms with Gasteiger partial charge in [-0.1, -0.05) is 5.92 Å². The highest BCUT2D eigenvalue weighted by atomic mass is 16.4. The SMILES string of the molecule is C#CCN(CCCO)CCC(=O)O. The molecule has 13 heavy (non-hydrogen) atoms. The van der Waals surface area contributed by atoms with Crippen molar-refractivity contribution in [1.29, 1.82) is 0 Å². The molecule has 74 valence electrons. The first kappa shape index (κ1) is 11.9.